The van der Waals surface area contributed by atoms with E-state index in [-0.39, 0.29) is 6.03 Å². The van der Waals surface area contributed by atoms with Crippen LogP contribution in [0.15, 0.2) is 30.5 Å². The summed E-state index contributed by atoms with van der Waals surface area (Å²) in [5, 5.41) is 4.08. The van der Waals surface area contributed by atoms with Crippen molar-refractivity contribution in [2.75, 3.05) is 11.9 Å². The van der Waals surface area contributed by atoms with Crippen LogP contribution < -0.4 is 5.32 Å². The van der Waals surface area contributed by atoms with E-state index >= 15 is 0 Å². The summed E-state index contributed by atoms with van der Waals surface area (Å²) in [4.78, 5) is 17.4. The monoisotopic (exact) mass is 257 g/mol. The van der Waals surface area contributed by atoms with Gasteiger partial charge in [-0.05, 0) is 32.3 Å². The molecule has 1 atom stereocenters. The summed E-state index contributed by atoms with van der Waals surface area (Å²) >= 11 is 0. The van der Waals surface area contributed by atoms with Gasteiger partial charge < -0.3 is 15.2 Å². The molecule has 4 nitrogen and oxygen atoms in total. The van der Waals surface area contributed by atoms with E-state index in [2.05, 4.69) is 17.2 Å². The van der Waals surface area contributed by atoms with E-state index in [1.165, 1.54) is 6.42 Å². The number of hydrogen-bond donors (Lipinski definition) is 2. The Morgan fingerprint density at radius 3 is 3.05 bits per heavy atom. The van der Waals surface area contributed by atoms with Gasteiger partial charge in [0.1, 0.15) is 0 Å². The second-order valence-corrected chi connectivity index (χ2v) is 5.22. The molecule has 1 aromatic heterocycles. The van der Waals surface area contributed by atoms with E-state index in [4.69, 9.17) is 0 Å². The zero-order valence-corrected chi connectivity index (χ0v) is 11.1. The molecule has 100 valence electrons. The van der Waals surface area contributed by atoms with E-state index < -0.39 is 0 Å². The van der Waals surface area contributed by atoms with Crippen molar-refractivity contribution in [1.82, 2.24) is 9.88 Å². The SMILES string of the molecule is C[C@@H]1CCCCN1C(=O)Nc1c[nH]c2ccccc12. The van der Waals surface area contributed by atoms with Gasteiger partial charge in [0.25, 0.3) is 0 Å². The molecule has 1 saturated heterocycles. The number of aromatic nitrogens is 1. The number of carbonyl (C=O) groups excluding carboxylic acids is 1. The van der Waals surface area contributed by atoms with Crippen LogP contribution in [0.3, 0.4) is 0 Å². The van der Waals surface area contributed by atoms with E-state index in [9.17, 15) is 4.79 Å². The van der Waals surface area contributed by atoms with Crippen molar-refractivity contribution in [3.05, 3.63) is 30.5 Å². The predicted molar refractivity (Wildman–Crippen MR) is 77.3 cm³/mol. The Bertz CT molecular complexity index is 590. The number of H-pyrrole nitrogens is 1. The fourth-order valence-electron chi connectivity index (χ4n) is 2.76. The normalized spacial score (nSPS) is 19.6. The lowest BCUT2D eigenvalue weighted by Gasteiger charge is -2.33. The highest BCUT2D eigenvalue weighted by molar-refractivity contribution is 6.01. The molecule has 1 aliphatic heterocycles. The van der Waals surface area contributed by atoms with Gasteiger partial charge >= 0.3 is 6.03 Å². The summed E-state index contributed by atoms with van der Waals surface area (Å²) in [5.41, 5.74) is 1.91. The Balaban J connectivity index is 1.79. The van der Waals surface area contributed by atoms with Crippen LogP contribution in [0.4, 0.5) is 10.5 Å². The molecule has 0 saturated carbocycles. The number of urea groups is 1. The van der Waals surface area contributed by atoms with Gasteiger partial charge in [0.2, 0.25) is 0 Å². The molecule has 2 heterocycles. The van der Waals surface area contributed by atoms with Crippen LogP contribution in [0, 0.1) is 0 Å². The molecular weight excluding hydrogens is 238 g/mol. The molecule has 0 unspecified atom stereocenters. The Labute approximate surface area is 112 Å². The minimum absolute atomic E-state index is 0.0111. The van der Waals surface area contributed by atoms with Gasteiger partial charge in [-0.3, -0.25) is 0 Å². The highest BCUT2D eigenvalue weighted by Crippen LogP contribution is 2.24. The number of amides is 2. The van der Waals surface area contributed by atoms with Crippen LogP contribution >= 0.6 is 0 Å². The molecule has 4 heteroatoms. The Kier molecular flexibility index (Phi) is 3.15. The van der Waals surface area contributed by atoms with Crippen LogP contribution in [0.5, 0.6) is 0 Å². The number of likely N-dealkylation sites (tertiary alicyclic amines) is 1. The molecule has 0 spiro atoms. The molecular formula is C15H19N3O. The average molecular weight is 257 g/mol. The molecule has 2 amide bonds. The third-order valence-corrected chi connectivity index (χ3v) is 3.89. The molecule has 0 radical (unpaired) electrons. The number of hydrogen-bond acceptors (Lipinski definition) is 1. The topological polar surface area (TPSA) is 48.1 Å². The van der Waals surface area contributed by atoms with Crippen molar-refractivity contribution in [1.29, 1.82) is 0 Å². The van der Waals surface area contributed by atoms with E-state index in [1.807, 2.05) is 35.4 Å². The molecule has 1 fully saturated rings. The standard InChI is InChI=1S/C15H19N3O/c1-11-6-4-5-9-18(11)15(19)17-14-10-16-13-8-3-2-7-12(13)14/h2-3,7-8,10-11,16H,4-6,9H2,1H3,(H,17,19)/t11-/m1/s1. The summed E-state index contributed by atoms with van der Waals surface area (Å²) in [6.07, 6.45) is 5.28. The zero-order valence-electron chi connectivity index (χ0n) is 11.1. The van der Waals surface area contributed by atoms with E-state index in [0.717, 1.165) is 36.0 Å². The lowest BCUT2D eigenvalue weighted by atomic mass is 10.0. The van der Waals surface area contributed by atoms with Gasteiger partial charge in [-0.1, -0.05) is 18.2 Å². The van der Waals surface area contributed by atoms with E-state index in [0.29, 0.717) is 6.04 Å². The number of anilines is 1. The number of piperidine rings is 1. The summed E-state index contributed by atoms with van der Waals surface area (Å²) < 4.78 is 0. The highest BCUT2D eigenvalue weighted by Gasteiger charge is 2.23. The summed E-state index contributed by atoms with van der Waals surface area (Å²) in [6, 6.07) is 8.33. The van der Waals surface area contributed by atoms with Gasteiger partial charge in [0, 0.05) is 29.7 Å². The van der Waals surface area contributed by atoms with Crippen molar-refractivity contribution in [3.8, 4) is 0 Å². The number of para-hydroxylation sites is 1. The van der Waals surface area contributed by atoms with Crippen molar-refractivity contribution in [3.63, 3.8) is 0 Å². The van der Waals surface area contributed by atoms with Gasteiger partial charge in [0.05, 0.1) is 5.69 Å². The summed E-state index contributed by atoms with van der Waals surface area (Å²) in [5.74, 6) is 0. The lowest BCUT2D eigenvalue weighted by Crippen LogP contribution is -2.44. The Hall–Kier alpha value is -1.97. The van der Waals surface area contributed by atoms with Crippen LogP contribution in [0.25, 0.3) is 10.9 Å². The maximum absolute atomic E-state index is 12.3. The van der Waals surface area contributed by atoms with Gasteiger partial charge in [-0.25, -0.2) is 4.79 Å². The number of rotatable bonds is 1. The molecule has 19 heavy (non-hydrogen) atoms. The maximum Gasteiger partial charge on any atom is 0.322 e. The maximum atomic E-state index is 12.3. The second-order valence-electron chi connectivity index (χ2n) is 5.22. The Morgan fingerprint density at radius 1 is 1.37 bits per heavy atom. The summed E-state index contributed by atoms with van der Waals surface area (Å²) in [6.45, 7) is 2.98. The fourth-order valence-corrected chi connectivity index (χ4v) is 2.76. The minimum Gasteiger partial charge on any atom is -0.359 e. The van der Waals surface area contributed by atoms with Gasteiger partial charge in [-0.15, -0.1) is 0 Å². The number of nitrogens with zero attached hydrogens (tertiary/aromatic N) is 1. The molecule has 0 aliphatic carbocycles. The summed E-state index contributed by atoms with van der Waals surface area (Å²) in [7, 11) is 0. The largest absolute Gasteiger partial charge is 0.359 e. The molecule has 1 aromatic carbocycles. The van der Waals surface area contributed by atoms with Gasteiger partial charge in [0.15, 0.2) is 0 Å². The average Bonchev–Trinajstić information content (AvgIpc) is 2.83. The van der Waals surface area contributed by atoms with Crippen molar-refractivity contribution < 1.29 is 4.79 Å². The predicted octanol–water partition coefficient (Wildman–Crippen LogP) is 3.57. The highest BCUT2D eigenvalue weighted by atomic mass is 16.2. The number of carbonyl (C=O) groups is 1. The number of fused-ring (bicyclic) bond motifs is 1. The Morgan fingerprint density at radius 2 is 2.21 bits per heavy atom. The number of aromatic amines is 1. The molecule has 3 rings (SSSR count). The van der Waals surface area contributed by atoms with Crippen molar-refractivity contribution >= 4 is 22.6 Å². The first-order chi connectivity index (χ1) is 9.25. The second kappa shape index (κ2) is 4.96. The zero-order chi connectivity index (χ0) is 13.2. The van der Waals surface area contributed by atoms with Crippen LogP contribution in [-0.4, -0.2) is 28.5 Å². The smallest absolute Gasteiger partial charge is 0.322 e. The fraction of sp³-hybridized carbons (Fsp3) is 0.400. The number of benzene rings is 1. The first-order valence-corrected chi connectivity index (χ1v) is 6.89. The van der Waals surface area contributed by atoms with Crippen LogP contribution in [-0.2, 0) is 0 Å². The van der Waals surface area contributed by atoms with Crippen LogP contribution in [0.2, 0.25) is 0 Å². The lowest BCUT2D eigenvalue weighted by molar-refractivity contribution is 0.170. The molecule has 2 N–H and O–H groups in total. The first kappa shape index (κ1) is 12.1. The van der Waals surface area contributed by atoms with Crippen molar-refractivity contribution in [2.45, 2.75) is 32.2 Å². The minimum atomic E-state index is 0.0111. The van der Waals surface area contributed by atoms with E-state index in [1.54, 1.807) is 0 Å². The molecule has 2 aromatic rings. The third kappa shape index (κ3) is 2.30. The van der Waals surface area contributed by atoms with Crippen molar-refractivity contribution in [2.24, 2.45) is 0 Å². The number of nitrogens with one attached hydrogen (secondary N) is 2. The molecule has 0 bridgehead atoms. The molecule has 1 aliphatic rings. The first-order valence-electron chi connectivity index (χ1n) is 6.89. The van der Waals surface area contributed by atoms with Crippen LogP contribution in [0.1, 0.15) is 26.2 Å². The van der Waals surface area contributed by atoms with Gasteiger partial charge in [-0.2, -0.15) is 0 Å². The quantitative estimate of drug-likeness (QED) is 0.806. The third-order valence-electron chi connectivity index (χ3n) is 3.89.